The van der Waals surface area contributed by atoms with Crippen molar-refractivity contribution >= 4 is 45.0 Å². The number of thiophene rings is 1. The summed E-state index contributed by atoms with van der Waals surface area (Å²) < 4.78 is 7.50. The molecule has 172 valence electrons. The highest BCUT2D eigenvalue weighted by atomic mass is 35.5. The molecular weight excluding hydrogens is 458 g/mol. The van der Waals surface area contributed by atoms with Crippen molar-refractivity contribution in [1.29, 1.82) is 0 Å². The minimum Gasteiger partial charge on any atom is -0.488 e. The third kappa shape index (κ3) is 4.63. The Morgan fingerprint density at radius 2 is 2.00 bits per heavy atom. The SMILES string of the molecule is Cc1cc(Cl)cc(-c2ccnc3cc(CN4C(=O)CCCC4=O)sc23)c1O[C@H]1CCCNC1. The second-order valence-electron chi connectivity index (χ2n) is 8.70. The van der Waals surface area contributed by atoms with Crippen molar-refractivity contribution in [2.45, 2.75) is 51.7 Å². The molecule has 0 unspecified atom stereocenters. The van der Waals surface area contributed by atoms with Crippen LogP contribution in [0.15, 0.2) is 30.5 Å². The minimum atomic E-state index is -0.0980. The molecule has 6 nitrogen and oxygen atoms in total. The molecule has 2 aromatic heterocycles. The predicted octanol–water partition coefficient (Wildman–Crippen LogP) is 5.10. The number of benzene rings is 1. The molecule has 0 spiro atoms. The maximum atomic E-state index is 12.3. The number of halogens is 1. The standard InChI is InChI=1S/C25H26ClN3O3S/c1-15-10-16(26)11-20(24(15)32-17-4-3-8-27-13-17)19-7-9-28-21-12-18(33-25(19)21)14-29-22(30)5-2-6-23(29)31/h7,9-12,17,27H,2-6,8,13-14H2,1H3/t17-/m0/s1. The van der Waals surface area contributed by atoms with Gasteiger partial charge in [-0.25, -0.2) is 0 Å². The van der Waals surface area contributed by atoms with E-state index in [2.05, 4.69) is 10.3 Å². The number of amides is 2. The quantitative estimate of drug-likeness (QED) is 0.511. The Morgan fingerprint density at radius 1 is 1.18 bits per heavy atom. The number of pyridine rings is 1. The highest BCUT2D eigenvalue weighted by Crippen LogP contribution is 2.42. The van der Waals surface area contributed by atoms with Crippen LogP contribution in [0.25, 0.3) is 21.3 Å². The fourth-order valence-corrected chi connectivity index (χ4v) is 5.99. The molecule has 2 fully saturated rings. The third-order valence-electron chi connectivity index (χ3n) is 6.23. The summed E-state index contributed by atoms with van der Waals surface area (Å²) in [5, 5.41) is 4.06. The van der Waals surface area contributed by atoms with E-state index >= 15 is 0 Å². The Labute approximate surface area is 201 Å². The Balaban J connectivity index is 1.53. The van der Waals surface area contributed by atoms with Crippen molar-refractivity contribution in [2.24, 2.45) is 0 Å². The lowest BCUT2D eigenvalue weighted by Crippen LogP contribution is -2.39. The van der Waals surface area contributed by atoms with Crippen LogP contribution in [0.5, 0.6) is 5.75 Å². The van der Waals surface area contributed by atoms with Crippen molar-refractivity contribution in [3.63, 3.8) is 0 Å². The van der Waals surface area contributed by atoms with Gasteiger partial charge >= 0.3 is 0 Å². The van der Waals surface area contributed by atoms with Gasteiger partial charge in [0, 0.05) is 46.6 Å². The first-order valence-electron chi connectivity index (χ1n) is 11.4. The van der Waals surface area contributed by atoms with E-state index in [4.69, 9.17) is 16.3 Å². The average Bonchev–Trinajstić information content (AvgIpc) is 3.22. The van der Waals surface area contributed by atoms with Crippen LogP contribution >= 0.6 is 22.9 Å². The zero-order valence-corrected chi connectivity index (χ0v) is 20.1. The largest absolute Gasteiger partial charge is 0.488 e. The first kappa shape index (κ1) is 22.3. The molecule has 5 rings (SSSR count). The Kier molecular flexibility index (Phi) is 6.36. The van der Waals surface area contributed by atoms with Gasteiger partial charge in [0.05, 0.1) is 16.8 Å². The number of hydrogen-bond acceptors (Lipinski definition) is 6. The highest BCUT2D eigenvalue weighted by Gasteiger charge is 2.27. The lowest BCUT2D eigenvalue weighted by Gasteiger charge is -2.26. The number of ether oxygens (including phenoxy) is 1. The van der Waals surface area contributed by atoms with Gasteiger partial charge in [-0.05, 0) is 62.6 Å². The van der Waals surface area contributed by atoms with Crippen LogP contribution in [0.4, 0.5) is 0 Å². The zero-order chi connectivity index (χ0) is 22.9. The fourth-order valence-electron chi connectivity index (χ4n) is 4.58. The summed E-state index contributed by atoms with van der Waals surface area (Å²) in [5.74, 6) is 0.648. The van der Waals surface area contributed by atoms with E-state index in [-0.39, 0.29) is 17.9 Å². The topological polar surface area (TPSA) is 71.5 Å². The van der Waals surface area contributed by atoms with Crippen molar-refractivity contribution in [2.75, 3.05) is 13.1 Å². The van der Waals surface area contributed by atoms with Gasteiger partial charge in [-0.2, -0.15) is 0 Å². The van der Waals surface area contributed by atoms with E-state index in [1.165, 1.54) is 4.90 Å². The second-order valence-corrected chi connectivity index (χ2v) is 10.3. The Hall–Kier alpha value is -2.48. The van der Waals surface area contributed by atoms with Gasteiger partial charge < -0.3 is 10.1 Å². The summed E-state index contributed by atoms with van der Waals surface area (Å²) in [6.45, 7) is 4.17. The molecule has 2 saturated heterocycles. The molecule has 0 bridgehead atoms. The summed E-state index contributed by atoms with van der Waals surface area (Å²) in [6.07, 6.45) is 5.50. The lowest BCUT2D eigenvalue weighted by atomic mass is 10.0. The molecule has 2 amide bonds. The van der Waals surface area contributed by atoms with Gasteiger partial charge in [0.15, 0.2) is 0 Å². The van der Waals surface area contributed by atoms with E-state index < -0.39 is 0 Å². The number of carbonyl (C=O) groups is 2. The van der Waals surface area contributed by atoms with Crippen LogP contribution in [0.2, 0.25) is 5.02 Å². The van der Waals surface area contributed by atoms with Gasteiger partial charge in [-0.3, -0.25) is 19.5 Å². The molecule has 1 atom stereocenters. The van der Waals surface area contributed by atoms with Crippen molar-refractivity contribution in [3.8, 4) is 16.9 Å². The van der Waals surface area contributed by atoms with E-state index in [9.17, 15) is 9.59 Å². The predicted molar refractivity (Wildman–Crippen MR) is 131 cm³/mol. The number of rotatable bonds is 5. The first-order valence-corrected chi connectivity index (χ1v) is 12.6. The van der Waals surface area contributed by atoms with E-state index in [1.807, 2.05) is 31.2 Å². The number of likely N-dealkylation sites (tertiary alicyclic amines) is 1. The number of imide groups is 1. The molecule has 33 heavy (non-hydrogen) atoms. The molecule has 1 N–H and O–H groups in total. The van der Waals surface area contributed by atoms with E-state index in [1.54, 1.807) is 17.5 Å². The summed E-state index contributed by atoms with van der Waals surface area (Å²) in [6, 6.07) is 7.84. The first-order chi connectivity index (χ1) is 16.0. The molecule has 4 heterocycles. The van der Waals surface area contributed by atoms with Crippen LogP contribution in [-0.2, 0) is 16.1 Å². The zero-order valence-electron chi connectivity index (χ0n) is 18.5. The molecule has 0 saturated carbocycles. The molecule has 2 aliphatic heterocycles. The monoisotopic (exact) mass is 483 g/mol. The molecule has 2 aliphatic rings. The fraction of sp³-hybridized carbons (Fsp3) is 0.400. The van der Waals surface area contributed by atoms with Gasteiger partial charge in [0.25, 0.3) is 0 Å². The smallest absolute Gasteiger partial charge is 0.229 e. The third-order valence-corrected chi connectivity index (χ3v) is 7.59. The van der Waals surface area contributed by atoms with Crippen molar-refractivity contribution in [1.82, 2.24) is 15.2 Å². The van der Waals surface area contributed by atoms with Gasteiger partial charge in [0.2, 0.25) is 11.8 Å². The number of nitrogens with one attached hydrogen (secondary N) is 1. The van der Waals surface area contributed by atoms with E-state index in [0.717, 1.165) is 63.5 Å². The minimum absolute atomic E-state index is 0.0980. The van der Waals surface area contributed by atoms with Crippen molar-refractivity contribution < 1.29 is 14.3 Å². The number of aryl methyl sites for hydroxylation is 1. The normalized spacial score (nSPS) is 19.3. The molecule has 1 aromatic carbocycles. The molecule has 0 aliphatic carbocycles. The van der Waals surface area contributed by atoms with Gasteiger partial charge in [-0.1, -0.05) is 11.6 Å². The summed E-state index contributed by atoms with van der Waals surface area (Å²) >= 11 is 8.03. The van der Waals surface area contributed by atoms with E-state index in [0.29, 0.717) is 30.8 Å². The Bertz CT molecular complexity index is 1200. The second kappa shape index (κ2) is 9.41. The molecule has 0 radical (unpaired) electrons. The van der Waals surface area contributed by atoms with Crippen LogP contribution in [0.3, 0.4) is 0 Å². The Morgan fingerprint density at radius 3 is 2.76 bits per heavy atom. The summed E-state index contributed by atoms with van der Waals surface area (Å²) in [4.78, 5) is 31.4. The maximum absolute atomic E-state index is 12.3. The summed E-state index contributed by atoms with van der Waals surface area (Å²) in [7, 11) is 0. The van der Waals surface area contributed by atoms with Crippen LogP contribution in [0, 0.1) is 6.92 Å². The molecule has 8 heteroatoms. The van der Waals surface area contributed by atoms with Crippen molar-refractivity contribution in [3.05, 3.63) is 45.9 Å². The number of hydrogen-bond donors (Lipinski definition) is 1. The van der Waals surface area contributed by atoms with Gasteiger partial charge in [-0.15, -0.1) is 11.3 Å². The van der Waals surface area contributed by atoms with Crippen LogP contribution < -0.4 is 10.1 Å². The maximum Gasteiger partial charge on any atom is 0.229 e. The number of fused-ring (bicyclic) bond motifs is 1. The lowest BCUT2D eigenvalue weighted by molar-refractivity contribution is -0.148. The number of aromatic nitrogens is 1. The molecular formula is C25H26ClN3O3S. The average molecular weight is 484 g/mol. The van der Waals surface area contributed by atoms with Crippen LogP contribution in [-0.4, -0.2) is 40.9 Å². The van der Waals surface area contributed by atoms with Crippen LogP contribution in [0.1, 0.15) is 42.5 Å². The molecule has 3 aromatic rings. The highest BCUT2D eigenvalue weighted by molar-refractivity contribution is 7.19. The number of carbonyl (C=O) groups excluding carboxylic acids is 2. The number of piperidine rings is 2. The summed E-state index contributed by atoms with van der Waals surface area (Å²) in [5.41, 5.74) is 3.77. The van der Waals surface area contributed by atoms with Gasteiger partial charge in [0.1, 0.15) is 11.9 Å². The number of nitrogens with zero attached hydrogens (tertiary/aromatic N) is 2.